The summed E-state index contributed by atoms with van der Waals surface area (Å²) in [4.78, 5) is 0. The van der Waals surface area contributed by atoms with Crippen molar-refractivity contribution in [3.05, 3.63) is 0 Å². The summed E-state index contributed by atoms with van der Waals surface area (Å²) in [5.74, 6) is 1.74. The number of unbranched alkanes of at least 4 members (excludes halogenated alkanes) is 2. The van der Waals surface area contributed by atoms with E-state index in [0.29, 0.717) is 6.10 Å². The summed E-state index contributed by atoms with van der Waals surface area (Å²) in [6.45, 7) is 7.56. The lowest BCUT2D eigenvalue weighted by Gasteiger charge is -2.14. The van der Waals surface area contributed by atoms with Crippen LogP contribution in [-0.4, -0.2) is 18.5 Å². The van der Waals surface area contributed by atoms with Crippen LogP contribution in [0.25, 0.3) is 0 Å². The van der Waals surface area contributed by atoms with Gasteiger partial charge < -0.3 is 4.74 Å². The van der Waals surface area contributed by atoms with E-state index in [0.717, 1.165) is 18.3 Å². The van der Waals surface area contributed by atoms with Crippen molar-refractivity contribution in [2.45, 2.75) is 52.6 Å². The number of rotatable bonds is 8. The molecule has 13 heavy (non-hydrogen) atoms. The van der Waals surface area contributed by atoms with E-state index in [4.69, 9.17) is 4.74 Å². The Bertz CT molecular complexity index is 104. The molecule has 0 aromatic heterocycles. The van der Waals surface area contributed by atoms with Crippen molar-refractivity contribution in [3.8, 4) is 0 Å². The first-order valence-corrected chi connectivity index (χ1v) is 6.02. The van der Waals surface area contributed by atoms with Crippen molar-refractivity contribution < 1.29 is 4.74 Å². The van der Waals surface area contributed by atoms with Crippen LogP contribution in [0.1, 0.15) is 46.5 Å². The zero-order chi connectivity index (χ0) is 10.1. The minimum Gasteiger partial charge on any atom is -0.379 e. The van der Waals surface area contributed by atoms with Crippen LogP contribution in [0.4, 0.5) is 0 Å². The predicted molar refractivity (Wildman–Crippen MR) is 62.6 cm³/mol. The summed E-state index contributed by atoms with van der Waals surface area (Å²) in [5.41, 5.74) is 0. The second-order valence-electron chi connectivity index (χ2n) is 4.10. The fraction of sp³-hybridized carbons (Fsp3) is 1.00. The normalized spacial score (nSPS) is 13.6. The molecule has 80 valence electrons. The van der Waals surface area contributed by atoms with Gasteiger partial charge in [0.15, 0.2) is 0 Å². The van der Waals surface area contributed by atoms with Crippen LogP contribution >= 0.6 is 12.6 Å². The SMILES string of the molecule is CC(C)CC(C)OCCCCCS. The van der Waals surface area contributed by atoms with Gasteiger partial charge in [-0.1, -0.05) is 20.3 Å². The molecule has 0 bridgehead atoms. The lowest BCUT2D eigenvalue weighted by Crippen LogP contribution is -2.12. The van der Waals surface area contributed by atoms with Crippen molar-refractivity contribution in [1.29, 1.82) is 0 Å². The zero-order valence-electron chi connectivity index (χ0n) is 9.25. The average molecular weight is 204 g/mol. The Hall–Kier alpha value is 0.310. The standard InChI is InChI=1S/C11H24OS/c1-10(2)9-11(3)12-7-5-4-6-8-13/h10-11,13H,4-9H2,1-3H3. The molecule has 0 aromatic rings. The molecule has 0 aliphatic rings. The lowest BCUT2D eigenvalue weighted by atomic mass is 10.1. The smallest absolute Gasteiger partial charge is 0.0549 e. The first-order valence-electron chi connectivity index (χ1n) is 5.39. The van der Waals surface area contributed by atoms with Crippen molar-refractivity contribution in [1.82, 2.24) is 0 Å². The molecule has 0 heterocycles. The van der Waals surface area contributed by atoms with Crippen LogP contribution < -0.4 is 0 Å². The van der Waals surface area contributed by atoms with E-state index < -0.39 is 0 Å². The van der Waals surface area contributed by atoms with Crippen LogP contribution in [0.15, 0.2) is 0 Å². The molecule has 1 atom stereocenters. The molecule has 1 nitrogen and oxygen atoms in total. The summed E-state index contributed by atoms with van der Waals surface area (Å²) < 4.78 is 5.67. The second-order valence-corrected chi connectivity index (χ2v) is 4.54. The molecule has 0 aliphatic heterocycles. The molecule has 0 saturated carbocycles. The third-order valence-electron chi connectivity index (χ3n) is 2.01. The Kier molecular flexibility index (Phi) is 9.10. The molecule has 0 fully saturated rings. The molecule has 0 amide bonds. The first-order chi connectivity index (χ1) is 6.16. The molecule has 0 rings (SSSR count). The quantitative estimate of drug-likeness (QED) is 0.470. The van der Waals surface area contributed by atoms with Crippen LogP contribution in [0.5, 0.6) is 0 Å². The molecule has 0 aromatic carbocycles. The van der Waals surface area contributed by atoms with Crippen molar-refractivity contribution in [3.63, 3.8) is 0 Å². The summed E-state index contributed by atoms with van der Waals surface area (Å²) >= 11 is 4.17. The maximum Gasteiger partial charge on any atom is 0.0549 e. The van der Waals surface area contributed by atoms with Gasteiger partial charge in [0.25, 0.3) is 0 Å². The summed E-state index contributed by atoms with van der Waals surface area (Å²) in [5, 5.41) is 0. The van der Waals surface area contributed by atoms with Gasteiger partial charge in [-0.25, -0.2) is 0 Å². The van der Waals surface area contributed by atoms with Crippen molar-refractivity contribution in [2.75, 3.05) is 12.4 Å². The molecule has 0 saturated heterocycles. The zero-order valence-corrected chi connectivity index (χ0v) is 10.1. The topological polar surface area (TPSA) is 9.23 Å². The Morgan fingerprint density at radius 1 is 1.08 bits per heavy atom. The number of hydrogen-bond donors (Lipinski definition) is 1. The highest BCUT2D eigenvalue weighted by Crippen LogP contribution is 2.08. The molecular weight excluding hydrogens is 180 g/mol. The fourth-order valence-electron chi connectivity index (χ4n) is 1.41. The number of hydrogen-bond acceptors (Lipinski definition) is 2. The molecule has 0 aliphatic carbocycles. The van der Waals surface area contributed by atoms with Gasteiger partial charge in [0, 0.05) is 6.61 Å². The third-order valence-corrected chi connectivity index (χ3v) is 2.32. The van der Waals surface area contributed by atoms with E-state index in [9.17, 15) is 0 Å². The highest BCUT2D eigenvalue weighted by atomic mass is 32.1. The molecule has 0 N–H and O–H groups in total. The maximum absolute atomic E-state index is 5.67. The Morgan fingerprint density at radius 3 is 2.31 bits per heavy atom. The van der Waals surface area contributed by atoms with Crippen LogP contribution in [-0.2, 0) is 4.74 Å². The van der Waals surface area contributed by atoms with Crippen molar-refractivity contribution in [2.24, 2.45) is 5.92 Å². The van der Waals surface area contributed by atoms with Crippen LogP contribution in [0, 0.1) is 5.92 Å². The largest absolute Gasteiger partial charge is 0.379 e. The van der Waals surface area contributed by atoms with E-state index in [-0.39, 0.29) is 0 Å². The minimum atomic E-state index is 0.427. The third kappa shape index (κ3) is 10.2. The van der Waals surface area contributed by atoms with E-state index in [1.807, 2.05) is 0 Å². The summed E-state index contributed by atoms with van der Waals surface area (Å²) in [6.07, 6.45) is 5.24. The number of thiol groups is 1. The van der Waals surface area contributed by atoms with E-state index in [1.165, 1.54) is 25.7 Å². The molecule has 2 heteroatoms. The summed E-state index contributed by atoms with van der Waals surface area (Å²) in [7, 11) is 0. The van der Waals surface area contributed by atoms with E-state index in [1.54, 1.807) is 0 Å². The van der Waals surface area contributed by atoms with E-state index in [2.05, 4.69) is 33.4 Å². The Morgan fingerprint density at radius 2 is 1.77 bits per heavy atom. The van der Waals surface area contributed by atoms with Gasteiger partial charge in [-0.05, 0) is 37.9 Å². The second kappa shape index (κ2) is 8.89. The van der Waals surface area contributed by atoms with Crippen molar-refractivity contribution >= 4 is 12.6 Å². The minimum absolute atomic E-state index is 0.427. The summed E-state index contributed by atoms with van der Waals surface area (Å²) in [6, 6.07) is 0. The Balaban J connectivity index is 3.12. The van der Waals surface area contributed by atoms with E-state index >= 15 is 0 Å². The van der Waals surface area contributed by atoms with Crippen LogP contribution in [0.3, 0.4) is 0 Å². The monoisotopic (exact) mass is 204 g/mol. The predicted octanol–water partition coefficient (Wildman–Crippen LogP) is 3.54. The first kappa shape index (κ1) is 13.3. The van der Waals surface area contributed by atoms with Gasteiger partial charge in [-0.2, -0.15) is 12.6 Å². The van der Waals surface area contributed by atoms with Crippen LogP contribution in [0.2, 0.25) is 0 Å². The molecule has 1 unspecified atom stereocenters. The highest BCUT2D eigenvalue weighted by molar-refractivity contribution is 7.80. The maximum atomic E-state index is 5.67. The fourth-order valence-corrected chi connectivity index (χ4v) is 1.63. The van der Waals surface area contributed by atoms with Gasteiger partial charge in [-0.3, -0.25) is 0 Å². The van der Waals surface area contributed by atoms with Gasteiger partial charge in [0.05, 0.1) is 6.10 Å². The molecule has 0 radical (unpaired) electrons. The molecular formula is C11H24OS. The van der Waals surface area contributed by atoms with Gasteiger partial charge in [-0.15, -0.1) is 0 Å². The Labute approximate surface area is 88.7 Å². The van der Waals surface area contributed by atoms with Gasteiger partial charge in [0.1, 0.15) is 0 Å². The average Bonchev–Trinajstić information content (AvgIpc) is 2.02. The lowest BCUT2D eigenvalue weighted by molar-refractivity contribution is 0.0496. The molecule has 0 spiro atoms. The number of ether oxygens (including phenoxy) is 1. The highest BCUT2D eigenvalue weighted by Gasteiger charge is 2.04. The van der Waals surface area contributed by atoms with Gasteiger partial charge >= 0.3 is 0 Å². The van der Waals surface area contributed by atoms with Gasteiger partial charge in [0.2, 0.25) is 0 Å².